The molecule has 3 heterocycles. The topological polar surface area (TPSA) is 192 Å². The molecule has 1 aliphatic rings. The van der Waals surface area contributed by atoms with Crippen LogP contribution in [0.15, 0.2) is 48.8 Å². The van der Waals surface area contributed by atoms with Crippen LogP contribution in [-0.4, -0.2) is 70.6 Å². The molecule has 15 nitrogen and oxygen atoms in total. The van der Waals surface area contributed by atoms with Crippen LogP contribution in [0.4, 0.5) is 5.82 Å². The van der Waals surface area contributed by atoms with E-state index in [1.807, 2.05) is 0 Å². The number of fused-ring (bicyclic) bond motifs is 1. The number of hydrogen-bond donors (Lipinski definition) is 2. The van der Waals surface area contributed by atoms with E-state index in [4.69, 9.17) is 33.7 Å². The molecular formula is C28H36N5O10P. The molecule has 1 saturated heterocycles. The monoisotopic (exact) mass is 633 g/mol. The third-order valence-electron chi connectivity index (χ3n) is 7.03. The van der Waals surface area contributed by atoms with E-state index in [2.05, 4.69) is 15.2 Å². The van der Waals surface area contributed by atoms with E-state index in [0.29, 0.717) is 11.2 Å². The molecule has 4 rings (SSSR count). The van der Waals surface area contributed by atoms with E-state index < -0.39 is 55.6 Å². The molecule has 3 N–H and O–H groups in total. The van der Waals surface area contributed by atoms with Crippen molar-refractivity contribution in [2.45, 2.75) is 63.9 Å². The van der Waals surface area contributed by atoms with Gasteiger partial charge in [-0.2, -0.15) is 10.2 Å². The Morgan fingerprint density at radius 1 is 1.16 bits per heavy atom. The molecule has 3 aromatic rings. The van der Waals surface area contributed by atoms with Gasteiger partial charge in [-0.05, 0) is 38.1 Å². The SMILES string of the molecule is CCC(=O)O[C@@H]1[C@@](C)(CO[P@@](=O)(N[C@@H](C)C(=O)OC)Oc2ccccc2)OC[C@]1(OC(=O)CC)c1ccc2c(N)ncnn12. The number of nitrogens with one attached hydrogen (secondary N) is 1. The van der Waals surface area contributed by atoms with Gasteiger partial charge in [0.2, 0.25) is 5.60 Å². The summed E-state index contributed by atoms with van der Waals surface area (Å²) in [7, 11) is -3.14. The highest BCUT2D eigenvalue weighted by Crippen LogP contribution is 2.50. The van der Waals surface area contributed by atoms with Gasteiger partial charge in [0.15, 0.2) is 11.9 Å². The van der Waals surface area contributed by atoms with Gasteiger partial charge >= 0.3 is 25.7 Å². The first-order chi connectivity index (χ1) is 20.9. The normalized spacial score (nSPS) is 23.4. The van der Waals surface area contributed by atoms with Gasteiger partial charge in [-0.3, -0.25) is 18.9 Å². The third kappa shape index (κ3) is 6.70. The number of carbonyl (C=O) groups excluding carboxylic acids is 3. The van der Waals surface area contributed by atoms with Crippen LogP contribution < -0.4 is 15.3 Å². The van der Waals surface area contributed by atoms with Crippen molar-refractivity contribution in [3.8, 4) is 5.75 Å². The van der Waals surface area contributed by atoms with Crippen molar-refractivity contribution in [1.29, 1.82) is 0 Å². The molecule has 0 amide bonds. The molecule has 44 heavy (non-hydrogen) atoms. The van der Waals surface area contributed by atoms with Gasteiger partial charge in [0.25, 0.3) is 0 Å². The first-order valence-corrected chi connectivity index (χ1v) is 15.4. The molecular weight excluding hydrogens is 597 g/mol. The van der Waals surface area contributed by atoms with Crippen LogP contribution in [0.3, 0.4) is 0 Å². The number of rotatable bonds is 13. The molecule has 0 spiro atoms. The molecule has 1 aromatic carbocycles. The molecule has 2 aromatic heterocycles. The summed E-state index contributed by atoms with van der Waals surface area (Å²) in [4.78, 5) is 41.9. The summed E-state index contributed by atoms with van der Waals surface area (Å²) >= 11 is 0. The molecule has 16 heteroatoms. The Balaban J connectivity index is 1.77. The fourth-order valence-electron chi connectivity index (χ4n) is 4.75. The molecule has 0 radical (unpaired) electrons. The molecule has 1 aliphatic heterocycles. The van der Waals surface area contributed by atoms with E-state index in [9.17, 15) is 18.9 Å². The lowest BCUT2D eigenvalue weighted by Gasteiger charge is -2.38. The van der Waals surface area contributed by atoms with Gasteiger partial charge in [0.1, 0.15) is 29.2 Å². The molecule has 0 bridgehead atoms. The average molecular weight is 634 g/mol. The Labute approximate surface area is 253 Å². The van der Waals surface area contributed by atoms with E-state index >= 15 is 0 Å². The van der Waals surface area contributed by atoms with Crippen molar-refractivity contribution >= 4 is 37.0 Å². The minimum Gasteiger partial charge on any atom is -0.468 e. The van der Waals surface area contributed by atoms with E-state index in [1.54, 1.807) is 63.2 Å². The van der Waals surface area contributed by atoms with Crippen molar-refractivity contribution in [3.05, 3.63) is 54.5 Å². The maximum atomic E-state index is 14.1. The maximum Gasteiger partial charge on any atom is 0.459 e. The van der Waals surface area contributed by atoms with Crippen molar-refractivity contribution in [2.24, 2.45) is 0 Å². The number of ether oxygens (including phenoxy) is 4. The maximum absolute atomic E-state index is 14.1. The number of carbonyl (C=O) groups is 3. The predicted octanol–water partition coefficient (Wildman–Crippen LogP) is 2.93. The van der Waals surface area contributed by atoms with Gasteiger partial charge in [0.05, 0.1) is 26.0 Å². The smallest absolute Gasteiger partial charge is 0.459 e. The second-order valence-electron chi connectivity index (χ2n) is 10.3. The van der Waals surface area contributed by atoms with Gasteiger partial charge in [-0.1, -0.05) is 32.0 Å². The summed E-state index contributed by atoms with van der Waals surface area (Å²) in [5.74, 6) is -1.59. The first kappa shape index (κ1) is 32.9. The number of anilines is 1. The van der Waals surface area contributed by atoms with Crippen molar-refractivity contribution in [1.82, 2.24) is 19.7 Å². The summed E-state index contributed by atoms with van der Waals surface area (Å²) in [6.07, 6.45) is -0.115. The molecule has 5 atom stereocenters. The highest BCUT2D eigenvalue weighted by Gasteiger charge is 2.64. The standard InChI is InChI=1S/C28H36N5O10P/c1-6-22(34)41-26-27(4,15-40-44(37,32-18(3)25(36)38-5)43-19-11-9-8-10-12-19)39-16-28(26,42-23(35)7-2)21-14-13-20-24(29)30-17-31-33(20)21/h8-14,17-18,26H,6-7,15-16H2,1-5H3,(H,32,37)(H2,29,30,31)/t18-,26+,27+,28-,44-/m0/s1. The van der Waals surface area contributed by atoms with Gasteiger partial charge < -0.3 is 29.2 Å². The highest BCUT2D eigenvalue weighted by atomic mass is 31.2. The summed E-state index contributed by atoms with van der Waals surface area (Å²) in [6.45, 7) is 5.39. The Morgan fingerprint density at radius 3 is 2.52 bits per heavy atom. The summed E-state index contributed by atoms with van der Waals surface area (Å²) in [5.41, 5.74) is 3.46. The third-order valence-corrected chi connectivity index (χ3v) is 8.65. The average Bonchev–Trinajstić information content (AvgIpc) is 3.57. The summed E-state index contributed by atoms with van der Waals surface area (Å²) in [6, 6.07) is 10.3. The van der Waals surface area contributed by atoms with Crippen LogP contribution in [0.25, 0.3) is 5.52 Å². The second-order valence-corrected chi connectivity index (χ2v) is 11.9. The largest absolute Gasteiger partial charge is 0.468 e. The molecule has 238 valence electrons. The minimum atomic E-state index is -4.33. The number of para-hydroxylation sites is 1. The number of methoxy groups -OCH3 is 1. The Bertz CT molecular complexity index is 1550. The quantitative estimate of drug-likeness (QED) is 0.159. The van der Waals surface area contributed by atoms with E-state index in [1.165, 1.54) is 24.9 Å². The predicted molar refractivity (Wildman–Crippen MR) is 155 cm³/mol. The van der Waals surface area contributed by atoms with Crippen LogP contribution in [0.2, 0.25) is 0 Å². The number of nitrogens with zero attached hydrogens (tertiary/aromatic N) is 3. The lowest BCUT2D eigenvalue weighted by atomic mass is 9.85. The fraction of sp³-hybridized carbons (Fsp3) is 0.464. The zero-order chi connectivity index (χ0) is 32.1. The first-order valence-electron chi connectivity index (χ1n) is 13.9. The molecule has 0 saturated carbocycles. The highest BCUT2D eigenvalue weighted by molar-refractivity contribution is 7.52. The molecule has 0 aliphatic carbocycles. The van der Waals surface area contributed by atoms with Crippen molar-refractivity contribution in [2.75, 3.05) is 26.1 Å². The fourth-order valence-corrected chi connectivity index (χ4v) is 6.34. The summed E-state index contributed by atoms with van der Waals surface area (Å²) in [5, 5.41) is 6.86. The number of aromatic nitrogens is 3. The number of nitrogen functional groups attached to an aromatic ring is 1. The Hall–Kier alpha value is -4.04. The number of benzene rings is 1. The zero-order valence-electron chi connectivity index (χ0n) is 25.1. The minimum absolute atomic E-state index is 0.000701. The number of hydrogen-bond acceptors (Lipinski definition) is 13. The van der Waals surface area contributed by atoms with Crippen LogP contribution in [0.1, 0.15) is 46.2 Å². The van der Waals surface area contributed by atoms with Crippen molar-refractivity contribution < 1.29 is 46.9 Å². The van der Waals surface area contributed by atoms with Crippen LogP contribution >= 0.6 is 7.75 Å². The zero-order valence-corrected chi connectivity index (χ0v) is 25.9. The lowest BCUT2D eigenvalue weighted by molar-refractivity contribution is -0.189. The molecule has 1 fully saturated rings. The summed E-state index contributed by atoms with van der Waals surface area (Å²) < 4.78 is 50.0. The second kappa shape index (κ2) is 13.3. The van der Waals surface area contributed by atoms with Gasteiger partial charge in [0, 0.05) is 12.8 Å². The van der Waals surface area contributed by atoms with Gasteiger partial charge in [-0.15, -0.1) is 0 Å². The number of nitrogens with two attached hydrogens (primary N) is 1. The number of esters is 3. The Kier molecular flexibility index (Phi) is 9.94. The van der Waals surface area contributed by atoms with Crippen LogP contribution in [0, 0.1) is 0 Å². The van der Waals surface area contributed by atoms with Crippen LogP contribution in [0.5, 0.6) is 5.75 Å². The Morgan fingerprint density at radius 2 is 1.86 bits per heavy atom. The molecule has 0 unspecified atom stereocenters. The van der Waals surface area contributed by atoms with E-state index in [-0.39, 0.29) is 31.0 Å². The lowest BCUT2D eigenvalue weighted by Crippen LogP contribution is -2.54. The van der Waals surface area contributed by atoms with E-state index in [0.717, 1.165) is 0 Å². The van der Waals surface area contributed by atoms with Gasteiger partial charge in [-0.25, -0.2) is 14.1 Å². The van der Waals surface area contributed by atoms with Crippen molar-refractivity contribution in [3.63, 3.8) is 0 Å². The van der Waals surface area contributed by atoms with Crippen LogP contribution in [-0.2, 0) is 48.0 Å².